The summed E-state index contributed by atoms with van der Waals surface area (Å²) in [5, 5.41) is 11.4. The molecular weight excluding hydrogens is 358 g/mol. The summed E-state index contributed by atoms with van der Waals surface area (Å²) in [6, 6.07) is 13.1. The van der Waals surface area contributed by atoms with Crippen LogP contribution in [0.15, 0.2) is 51.5 Å². The number of ether oxygens (including phenoxy) is 1. The molecule has 0 bridgehead atoms. The number of carbonyl (C=O) groups is 1. The molecule has 0 unspecified atom stereocenters. The highest BCUT2D eigenvalue weighted by Gasteiger charge is 2.21. The molecule has 0 spiro atoms. The monoisotopic (exact) mass is 377 g/mol. The molecule has 2 aromatic carbocycles. The van der Waals surface area contributed by atoms with Crippen LogP contribution in [0.5, 0.6) is 5.75 Å². The Morgan fingerprint density at radius 3 is 2.71 bits per heavy atom. The molecule has 4 aromatic rings. The Morgan fingerprint density at radius 2 is 1.96 bits per heavy atom. The van der Waals surface area contributed by atoms with E-state index in [1.165, 1.54) is 0 Å². The molecule has 1 N–H and O–H groups in total. The fourth-order valence-corrected chi connectivity index (χ4v) is 3.13. The summed E-state index contributed by atoms with van der Waals surface area (Å²) in [5.41, 5.74) is 3.58. The normalized spacial score (nSPS) is 11.0. The molecular formula is C21H19N3O4. The fourth-order valence-electron chi connectivity index (χ4n) is 3.13. The van der Waals surface area contributed by atoms with Gasteiger partial charge >= 0.3 is 0 Å². The van der Waals surface area contributed by atoms with E-state index in [1.54, 1.807) is 0 Å². The summed E-state index contributed by atoms with van der Waals surface area (Å²) >= 11 is 0. The average molecular weight is 377 g/mol. The van der Waals surface area contributed by atoms with E-state index >= 15 is 0 Å². The number of carbonyl (C=O) groups excluding carboxylic acids is 1. The van der Waals surface area contributed by atoms with Crippen LogP contribution in [0.1, 0.15) is 28.6 Å². The van der Waals surface area contributed by atoms with Gasteiger partial charge in [0.15, 0.2) is 11.5 Å². The van der Waals surface area contributed by atoms with Crippen LogP contribution in [0.25, 0.3) is 22.2 Å². The highest BCUT2D eigenvalue weighted by molar-refractivity contribution is 6.07. The number of fused-ring (bicyclic) bond motifs is 1. The molecule has 2 heterocycles. The number of furan rings is 1. The van der Waals surface area contributed by atoms with Gasteiger partial charge in [-0.2, -0.15) is 0 Å². The number of benzene rings is 2. The van der Waals surface area contributed by atoms with Gasteiger partial charge in [-0.25, -0.2) is 4.63 Å². The van der Waals surface area contributed by atoms with Gasteiger partial charge in [-0.3, -0.25) is 10.1 Å². The van der Waals surface area contributed by atoms with Crippen molar-refractivity contribution in [2.75, 3.05) is 11.9 Å². The molecule has 7 heteroatoms. The molecule has 4 rings (SSSR count). The summed E-state index contributed by atoms with van der Waals surface area (Å²) in [4.78, 5) is 12.8. The predicted octanol–water partition coefficient (Wildman–Crippen LogP) is 4.75. The standard InChI is InChI=1S/C21H19N3O4/c1-4-26-16-10-9-14(11-12(16)2)18-20(24-28-23-18)22-21(25)19-13(3)15-7-5-6-8-17(15)27-19/h5-11H,4H2,1-3H3,(H,22,24,25). The number of hydrogen-bond acceptors (Lipinski definition) is 6. The van der Waals surface area contributed by atoms with Gasteiger partial charge in [0.2, 0.25) is 5.82 Å². The Hall–Kier alpha value is -3.61. The van der Waals surface area contributed by atoms with E-state index in [2.05, 4.69) is 15.6 Å². The number of anilines is 1. The number of hydrogen-bond donors (Lipinski definition) is 1. The van der Waals surface area contributed by atoms with E-state index in [-0.39, 0.29) is 11.6 Å². The maximum absolute atomic E-state index is 12.8. The number of nitrogens with zero attached hydrogens (tertiary/aromatic N) is 2. The lowest BCUT2D eigenvalue weighted by molar-refractivity contribution is 0.0997. The van der Waals surface area contributed by atoms with E-state index in [0.29, 0.717) is 17.9 Å². The van der Waals surface area contributed by atoms with Crippen molar-refractivity contribution in [1.82, 2.24) is 10.3 Å². The highest BCUT2D eigenvalue weighted by atomic mass is 16.6. The molecule has 0 saturated carbocycles. The highest BCUT2D eigenvalue weighted by Crippen LogP contribution is 2.30. The van der Waals surface area contributed by atoms with Crippen LogP contribution in [0.2, 0.25) is 0 Å². The smallest absolute Gasteiger partial charge is 0.292 e. The van der Waals surface area contributed by atoms with Crippen molar-refractivity contribution in [3.63, 3.8) is 0 Å². The molecule has 28 heavy (non-hydrogen) atoms. The quantitative estimate of drug-likeness (QED) is 0.540. The van der Waals surface area contributed by atoms with Crippen LogP contribution in [-0.4, -0.2) is 22.8 Å². The van der Waals surface area contributed by atoms with Crippen molar-refractivity contribution < 1.29 is 18.6 Å². The number of amides is 1. The van der Waals surface area contributed by atoms with Crippen molar-refractivity contribution in [3.05, 3.63) is 59.4 Å². The van der Waals surface area contributed by atoms with Crippen LogP contribution in [0.3, 0.4) is 0 Å². The van der Waals surface area contributed by atoms with E-state index in [1.807, 2.05) is 63.2 Å². The lowest BCUT2D eigenvalue weighted by Gasteiger charge is -2.08. The summed E-state index contributed by atoms with van der Waals surface area (Å²) in [6.07, 6.45) is 0. The number of aromatic nitrogens is 2. The molecule has 0 aliphatic heterocycles. The average Bonchev–Trinajstić information content (AvgIpc) is 3.28. The molecule has 0 aliphatic rings. The van der Waals surface area contributed by atoms with Crippen molar-refractivity contribution in [2.24, 2.45) is 0 Å². The van der Waals surface area contributed by atoms with Crippen LogP contribution in [0, 0.1) is 13.8 Å². The molecule has 142 valence electrons. The SMILES string of the molecule is CCOc1ccc(-c2nonc2NC(=O)c2oc3ccccc3c2C)cc1C. The number of para-hydroxylation sites is 1. The van der Waals surface area contributed by atoms with Gasteiger partial charge in [0.25, 0.3) is 5.91 Å². The zero-order valence-corrected chi connectivity index (χ0v) is 15.8. The first-order valence-corrected chi connectivity index (χ1v) is 8.94. The molecule has 1 amide bonds. The fraction of sp³-hybridized carbons (Fsp3) is 0.190. The first-order chi connectivity index (χ1) is 13.6. The second-order valence-electron chi connectivity index (χ2n) is 6.38. The topological polar surface area (TPSA) is 90.4 Å². The first-order valence-electron chi connectivity index (χ1n) is 8.94. The molecule has 0 fully saturated rings. The summed E-state index contributed by atoms with van der Waals surface area (Å²) in [7, 11) is 0. The second-order valence-corrected chi connectivity index (χ2v) is 6.38. The van der Waals surface area contributed by atoms with Crippen molar-refractivity contribution >= 4 is 22.7 Å². The maximum atomic E-state index is 12.8. The van der Waals surface area contributed by atoms with E-state index in [4.69, 9.17) is 13.8 Å². The molecule has 0 radical (unpaired) electrons. The molecule has 0 aliphatic carbocycles. The Labute approximate surface area is 161 Å². The van der Waals surface area contributed by atoms with Gasteiger partial charge in [0.05, 0.1) is 6.61 Å². The van der Waals surface area contributed by atoms with Crippen LogP contribution in [-0.2, 0) is 0 Å². The first kappa shape index (κ1) is 17.8. The van der Waals surface area contributed by atoms with Gasteiger partial charge in [-0.15, -0.1) is 0 Å². The lowest BCUT2D eigenvalue weighted by atomic mass is 10.1. The Kier molecular flexibility index (Phi) is 4.57. The third-order valence-corrected chi connectivity index (χ3v) is 4.52. The van der Waals surface area contributed by atoms with E-state index < -0.39 is 5.91 Å². The molecule has 2 aromatic heterocycles. The molecule has 7 nitrogen and oxygen atoms in total. The van der Waals surface area contributed by atoms with Gasteiger partial charge in [0, 0.05) is 16.5 Å². The van der Waals surface area contributed by atoms with Crippen molar-refractivity contribution in [2.45, 2.75) is 20.8 Å². The largest absolute Gasteiger partial charge is 0.494 e. The molecule has 0 saturated heterocycles. The van der Waals surface area contributed by atoms with Crippen molar-refractivity contribution in [1.29, 1.82) is 0 Å². The summed E-state index contributed by atoms with van der Waals surface area (Å²) in [5.74, 6) is 0.853. The predicted molar refractivity (Wildman–Crippen MR) is 105 cm³/mol. The van der Waals surface area contributed by atoms with Crippen LogP contribution in [0.4, 0.5) is 5.82 Å². The maximum Gasteiger partial charge on any atom is 0.292 e. The lowest BCUT2D eigenvalue weighted by Crippen LogP contribution is -2.13. The Morgan fingerprint density at radius 1 is 1.14 bits per heavy atom. The van der Waals surface area contributed by atoms with Gasteiger partial charge < -0.3 is 9.15 Å². The van der Waals surface area contributed by atoms with E-state index in [9.17, 15) is 4.79 Å². The Balaban J connectivity index is 1.63. The second kappa shape index (κ2) is 7.19. The zero-order chi connectivity index (χ0) is 19.7. The number of aryl methyl sites for hydroxylation is 2. The van der Waals surface area contributed by atoms with Crippen molar-refractivity contribution in [3.8, 4) is 17.0 Å². The Bertz CT molecular complexity index is 1160. The summed E-state index contributed by atoms with van der Waals surface area (Å²) < 4.78 is 16.1. The third kappa shape index (κ3) is 3.11. The minimum Gasteiger partial charge on any atom is -0.494 e. The van der Waals surface area contributed by atoms with E-state index in [0.717, 1.165) is 27.8 Å². The minimum absolute atomic E-state index is 0.230. The van der Waals surface area contributed by atoms with Gasteiger partial charge in [-0.1, -0.05) is 18.2 Å². The molecule has 0 atom stereocenters. The van der Waals surface area contributed by atoms with Crippen LogP contribution >= 0.6 is 0 Å². The number of nitrogens with one attached hydrogen (secondary N) is 1. The summed E-state index contributed by atoms with van der Waals surface area (Å²) in [6.45, 7) is 6.31. The minimum atomic E-state index is -0.409. The zero-order valence-electron chi connectivity index (χ0n) is 15.8. The van der Waals surface area contributed by atoms with Gasteiger partial charge in [-0.05, 0) is 60.9 Å². The number of rotatable bonds is 5. The van der Waals surface area contributed by atoms with Gasteiger partial charge in [0.1, 0.15) is 11.3 Å². The van der Waals surface area contributed by atoms with Crippen LogP contribution < -0.4 is 10.1 Å². The third-order valence-electron chi connectivity index (χ3n) is 4.52.